The van der Waals surface area contributed by atoms with E-state index in [0.29, 0.717) is 6.42 Å². The first-order valence-electron chi connectivity index (χ1n) is 8.95. The molecule has 0 bridgehead atoms. The first-order valence-corrected chi connectivity index (χ1v) is 10.5. The minimum atomic E-state index is -4.64. The smallest absolute Gasteiger partial charge is 1.00 e. The Morgan fingerprint density at radius 2 is 1.46 bits per heavy atom. The number of hydrogen-bond donors (Lipinski definition) is 2. The van der Waals surface area contributed by atoms with E-state index in [1.54, 1.807) is 0 Å². The fourth-order valence-corrected chi connectivity index (χ4v) is 2.43. The average molecular weight is 395 g/mol. The van der Waals surface area contributed by atoms with E-state index in [1.165, 1.54) is 44.9 Å². The van der Waals surface area contributed by atoms with Gasteiger partial charge in [-0.1, -0.05) is 65.2 Å². The molecule has 0 aliphatic rings. The molecule has 0 saturated heterocycles. The molecule has 0 aromatic carbocycles. The van der Waals surface area contributed by atoms with Crippen LogP contribution in [0.25, 0.3) is 0 Å². The monoisotopic (exact) mass is 394 g/mol. The van der Waals surface area contributed by atoms with Crippen LogP contribution < -0.4 is 51.4 Å². The maximum Gasteiger partial charge on any atom is 1.00 e. The summed E-state index contributed by atoms with van der Waals surface area (Å²) in [4.78, 5) is 22.2. The van der Waals surface area contributed by atoms with Gasteiger partial charge in [-0.3, -0.25) is 0 Å². The molecule has 0 aromatic heterocycles. The molecule has 0 saturated carbocycles. The van der Waals surface area contributed by atoms with E-state index in [1.807, 2.05) is 13.8 Å². The summed E-state index contributed by atoms with van der Waals surface area (Å²) >= 11 is 0. The van der Waals surface area contributed by atoms with Crippen LogP contribution in [0.5, 0.6) is 0 Å². The molecule has 2 atom stereocenters. The van der Waals surface area contributed by atoms with Crippen LogP contribution in [0, 0.1) is 0 Å². The molecule has 0 radical (unpaired) electrons. The molecule has 0 aromatic rings. The van der Waals surface area contributed by atoms with Crippen LogP contribution in [0.3, 0.4) is 0 Å². The van der Waals surface area contributed by atoms with Crippen molar-refractivity contribution < 1.29 is 81.5 Å². The summed E-state index contributed by atoms with van der Waals surface area (Å²) in [5, 5.41) is 0. The normalized spacial score (nSPS) is 14.2. The first-order chi connectivity index (χ1) is 10.9. The van der Waals surface area contributed by atoms with Crippen molar-refractivity contribution in [2.45, 2.75) is 104 Å². The van der Waals surface area contributed by atoms with Gasteiger partial charge in [-0.15, -0.1) is 4.67 Å². The summed E-state index contributed by atoms with van der Waals surface area (Å²) in [6.45, 7) is 6.09. The molecule has 24 heavy (non-hydrogen) atoms. The molecule has 0 aliphatic carbocycles. The van der Waals surface area contributed by atoms with Gasteiger partial charge in [0.1, 0.15) is 0 Å². The molecule has 0 aliphatic heterocycles. The van der Waals surface area contributed by atoms with Gasteiger partial charge in [0.15, 0.2) is 6.29 Å². The molecule has 8 heteroatoms. The number of unbranched alkanes of at least 4 members (excludes halogenated alkanes) is 8. The maximum absolute atomic E-state index is 10.7. The van der Waals surface area contributed by atoms with Crippen molar-refractivity contribution in [1.29, 1.82) is 0 Å². The predicted octanol–water partition coefficient (Wildman–Crippen LogP) is 2.21. The van der Waals surface area contributed by atoms with Crippen LogP contribution in [0.15, 0.2) is 0 Å². The van der Waals surface area contributed by atoms with Gasteiger partial charge in [0.2, 0.25) is 0 Å². The number of rotatable bonds is 16. The molecule has 2 unspecified atom stereocenters. The Morgan fingerprint density at radius 3 is 1.92 bits per heavy atom. The third-order valence-corrected chi connectivity index (χ3v) is 4.03. The molecule has 0 spiro atoms. The third-order valence-electron chi connectivity index (χ3n) is 3.75. The van der Waals surface area contributed by atoms with Crippen molar-refractivity contribution in [1.82, 2.24) is 0 Å². The van der Waals surface area contributed by atoms with Gasteiger partial charge in [-0.2, -0.15) is 4.89 Å². The van der Waals surface area contributed by atoms with E-state index in [0.717, 1.165) is 19.3 Å². The van der Waals surface area contributed by atoms with Gasteiger partial charge < -0.3 is 16.0 Å². The minimum Gasteiger partial charge on any atom is -1.00 e. The van der Waals surface area contributed by atoms with Gasteiger partial charge in [0, 0.05) is 6.42 Å². The summed E-state index contributed by atoms with van der Waals surface area (Å²) in [5.74, 6) is 0. The van der Waals surface area contributed by atoms with Gasteiger partial charge in [0.25, 0.3) is 0 Å². The van der Waals surface area contributed by atoms with E-state index in [-0.39, 0.29) is 58.9 Å². The van der Waals surface area contributed by atoms with Crippen molar-refractivity contribution in [2.75, 3.05) is 0 Å². The zero-order chi connectivity index (χ0) is 17.6. The molecule has 0 amide bonds. The largest absolute Gasteiger partial charge is 1.00 e. The molecular weight excluding hydrogens is 358 g/mol. The van der Waals surface area contributed by atoms with E-state index in [9.17, 15) is 4.57 Å². The Bertz CT molecular complexity index is 319. The molecule has 142 valence electrons. The fourth-order valence-electron chi connectivity index (χ4n) is 2.22. The second kappa shape index (κ2) is 18.0. The second-order valence-electron chi connectivity index (χ2n) is 6.06. The second-order valence-corrected chi connectivity index (χ2v) is 7.19. The Labute approximate surface area is 191 Å². The Morgan fingerprint density at radius 1 is 0.958 bits per heavy atom. The molecule has 0 rings (SSSR count). The molecule has 0 heterocycles. The topological polar surface area (TPSA) is 85.2 Å². The summed E-state index contributed by atoms with van der Waals surface area (Å²) < 4.78 is 20.4. The van der Waals surface area contributed by atoms with Crippen LogP contribution in [0.1, 0.15) is 92.8 Å². The average Bonchev–Trinajstić information content (AvgIpc) is 2.49. The summed E-state index contributed by atoms with van der Waals surface area (Å²) in [6.07, 6.45) is 11.5. The van der Waals surface area contributed by atoms with Crippen LogP contribution >= 0.6 is 7.82 Å². The number of hydrogen-bond acceptors (Lipinski definition) is 4. The maximum atomic E-state index is 10.7. The van der Waals surface area contributed by atoms with Gasteiger partial charge in [0.05, 0.1) is 6.10 Å². The van der Waals surface area contributed by atoms with Crippen molar-refractivity contribution in [3.8, 4) is 0 Å². The Kier molecular flexibility index (Phi) is 21.0. The van der Waals surface area contributed by atoms with Crippen LogP contribution in [-0.4, -0.2) is 22.2 Å². The Balaban J connectivity index is -0.00000242. The molecule has 2 N–H and O–H groups in total. The molecule has 6 nitrogen and oxygen atoms in total. The number of ether oxygens (including phenoxy) is 1. The summed E-state index contributed by atoms with van der Waals surface area (Å²) in [5.41, 5.74) is 0. The van der Waals surface area contributed by atoms with Gasteiger partial charge >= 0.3 is 59.2 Å². The van der Waals surface area contributed by atoms with Gasteiger partial charge in [-0.25, -0.2) is 4.57 Å². The van der Waals surface area contributed by atoms with Crippen LogP contribution in [0.2, 0.25) is 0 Å². The Hall–Kier alpha value is 1.67. The standard InChI is InChI=1S/C16H35O6P.K.H/c1-4-6-7-8-9-10-11-12-13-14-16(20-15(3)5-2)21-22-23(17,18)19;;/h15-16H,4-14H2,1-3H3,(H2,17,18,19);;/q;+1;-1. The quantitative estimate of drug-likeness (QED) is 0.104. The fraction of sp³-hybridized carbons (Fsp3) is 1.00. The minimum absolute atomic E-state index is 0. The van der Waals surface area contributed by atoms with E-state index in [2.05, 4.69) is 11.6 Å². The van der Waals surface area contributed by atoms with Crippen LogP contribution in [-0.2, 0) is 18.9 Å². The number of phosphoric acid groups is 1. The zero-order valence-electron chi connectivity index (χ0n) is 16.9. The zero-order valence-corrected chi connectivity index (χ0v) is 19.9. The van der Waals surface area contributed by atoms with Crippen LogP contribution in [0.4, 0.5) is 0 Å². The van der Waals surface area contributed by atoms with E-state index in [4.69, 9.17) is 19.4 Å². The summed E-state index contributed by atoms with van der Waals surface area (Å²) in [6, 6.07) is 0. The van der Waals surface area contributed by atoms with Crippen molar-refractivity contribution >= 4 is 7.82 Å². The van der Waals surface area contributed by atoms with Crippen molar-refractivity contribution in [2.24, 2.45) is 0 Å². The molecular formula is C16H36KO6P. The SMILES string of the molecule is CCCCCCCCCCCC(OOP(=O)(O)O)OC(C)CC.[H-].[K+]. The van der Waals surface area contributed by atoms with E-state index >= 15 is 0 Å². The van der Waals surface area contributed by atoms with Crippen molar-refractivity contribution in [3.05, 3.63) is 0 Å². The third kappa shape index (κ3) is 20.0. The predicted molar refractivity (Wildman–Crippen MR) is 91.8 cm³/mol. The van der Waals surface area contributed by atoms with Gasteiger partial charge in [-0.05, 0) is 19.8 Å². The van der Waals surface area contributed by atoms with Crippen molar-refractivity contribution in [3.63, 3.8) is 0 Å². The molecule has 0 fully saturated rings. The van der Waals surface area contributed by atoms with E-state index < -0.39 is 14.1 Å². The summed E-state index contributed by atoms with van der Waals surface area (Å²) in [7, 11) is -4.64. The first kappa shape index (κ1) is 27.9.